The minimum Gasteiger partial charge on any atom is -0.367 e. The molecular formula is C13H17NO2. The molecule has 1 spiro atoms. The van der Waals surface area contributed by atoms with Gasteiger partial charge in [0.15, 0.2) is 0 Å². The summed E-state index contributed by atoms with van der Waals surface area (Å²) in [5, 5.41) is 0. The van der Waals surface area contributed by atoms with E-state index in [-0.39, 0.29) is 11.5 Å². The van der Waals surface area contributed by atoms with Crippen molar-refractivity contribution < 1.29 is 9.53 Å². The molecule has 0 saturated carbocycles. The molecule has 2 heterocycles. The van der Waals surface area contributed by atoms with Crippen LogP contribution in [-0.4, -0.2) is 36.1 Å². The van der Waals surface area contributed by atoms with Crippen molar-refractivity contribution in [3.8, 4) is 11.8 Å². The first-order valence-electron chi connectivity index (χ1n) is 5.79. The van der Waals surface area contributed by atoms with Gasteiger partial charge in [0.1, 0.15) is 0 Å². The van der Waals surface area contributed by atoms with Crippen molar-refractivity contribution in [1.82, 2.24) is 4.90 Å². The number of hydrogen-bond donors (Lipinski definition) is 0. The Balaban J connectivity index is 1.99. The van der Waals surface area contributed by atoms with Gasteiger partial charge in [-0.2, -0.15) is 0 Å². The molecule has 1 fully saturated rings. The number of carbonyl (C=O) groups excluding carboxylic acids is 1. The molecule has 3 nitrogen and oxygen atoms in total. The van der Waals surface area contributed by atoms with Gasteiger partial charge in [-0.3, -0.25) is 4.79 Å². The van der Waals surface area contributed by atoms with Gasteiger partial charge in [-0.1, -0.05) is 18.1 Å². The highest BCUT2D eigenvalue weighted by atomic mass is 16.5. The third-order valence-corrected chi connectivity index (χ3v) is 3.24. The van der Waals surface area contributed by atoms with Gasteiger partial charge in [-0.25, -0.2) is 0 Å². The monoisotopic (exact) mass is 219 g/mol. The molecule has 0 aromatic heterocycles. The molecule has 3 heteroatoms. The molecule has 16 heavy (non-hydrogen) atoms. The van der Waals surface area contributed by atoms with Crippen molar-refractivity contribution in [3.63, 3.8) is 0 Å². The van der Waals surface area contributed by atoms with E-state index in [4.69, 9.17) is 4.74 Å². The Morgan fingerprint density at radius 2 is 2.31 bits per heavy atom. The van der Waals surface area contributed by atoms with E-state index < -0.39 is 0 Å². The van der Waals surface area contributed by atoms with Gasteiger partial charge in [0, 0.05) is 13.1 Å². The summed E-state index contributed by atoms with van der Waals surface area (Å²) in [4.78, 5) is 13.5. The Kier molecular flexibility index (Phi) is 3.31. The lowest BCUT2D eigenvalue weighted by Crippen LogP contribution is -2.33. The summed E-state index contributed by atoms with van der Waals surface area (Å²) in [6.07, 6.45) is 7.12. The second-order valence-electron chi connectivity index (χ2n) is 4.30. The van der Waals surface area contributed by atoms with Crippen molar-refractivity contribution in [1.29, 1.82) is 0 Å². The van der Waals surface area contributed by atoms with Gasteiger partial charge in [-0.15, -0.1) is 0 Å². The maximum Gasteiger partial charge on any atom is 0.298 e. The van der Waals surface area contributed by atoms with Crippen molar-refractivity contribution in [2.75, 3.05) is 19.7 Å². The molecule has 0 radical (unpaired) electrons. The number of amides is 1. The van der Waals surface area contributed by atoms with Crippen LogP contribution < -0.4 is 0 Å². The summed E-state index contributed by atoms with van der Waals surface area (Å²) in [6, 6.07) is 0. The minimum absolute atomic E-state index is 0.0541. The highest BCUT2D eigenvalue weighted by Gasteiger charge is 2.33. The van der Waals surface area contributed by atoms with Crippen LogP contribution in [0.1, 0.15) is 26.2 Å². The van der Waals surface area contributed by atoms with Crippen LogP contribution in [0.4, 0.5) is 0 Å². The Labute approximate surface area is 96.5 Å². The van der Waals surface area contributed by atoms with Crippen LogP contribution in [0.25, 0.3) is 0 Å². The van der Waals surface area contributed by atoms with Crippen molar-refractivity contribution in [3.05, 3.63) is 12.2 Å². The third-order valence-electron chi connectivity index (χ3n) is 3.24. The average molecular weight is 219 g/mol. The largest absolute Gasteiger partial charge is 0.367 e. The topological polar surface area (TPSA) is 29.5 Å². The summed E-state index contributed by atoms with van der Waals surface area (Å²) < 4.78 is 5.76. The first-order chi connectivity index (χ1) is 7.76. The standard InChI is InChI=1S/C13H17NO2/c1-2-5-12(15)14-9-3-6-13(8-10-14)7-4-11-16-13/h4,7H,3,6,8-11H2,1H3. The molecule has 1 saturated heterocycles. The summed E-state index contributed by atoms with van der Waals surface area (Å²) in [5.74, 6) is 5.21. The molecule has 86 valence electrons. The van der Waals surface area contributed by atoms with E-state index in [1.807, 2.05) is 4.90 Å². The van der Waals surface area contributed by atoms with E-state index in [2.05, 4.69) is 24.0 Å². The van der Waals surface area contributed by atoms with Gasteiger partial charge < -0.3 is 9.64 Å². The number of carbonyl (C=O) groups is 1. The molecule has 0 bridgehead atoms. The van der Waals surface area contributed by atoms with Crippen LogP contribution in [0, 0.1) is 11.8 Å². The Bertz CT molecular complexity index is 364. The van der Waals surface area contributed by atoms with Crippen molar-refractivity contribution in [2.45, 2.75) is 31.8 Å². The zero-order valence-corrected chi connectivity index (χ0v) is 9.66. The average Bonchev–Trinajstić information content (AvgIpc) is 2.61. The van der Waals surface area contributed by atoms with Crippen LogP contribution >= 0.6 is 0 Å². The molecule has 2 rings (SSSR count). The minimum atomic E-state index is -0.103. The smallest absolute Gasteiger partial charge is 0.298 e. The Morgan fingerprint density at radius 1 is 1.44 bits per heavy atom. The lowest BCUT2D eigenvalue weighted by atomic mass is 9.95. The normalized spacial score (nSPS) is 28.7. The van der Waals surface area contributed by atoms with Crippen molar-refractivity contribution in [2.24, 2.45) is 0 Å². The SMILES string of the molecule is CC#CC(=O)N1CCCC2(C=CCO2)CC1. The molecular weight excluding hydrogens is 202 g/mol. The molecule has 0 aromatic carbocycles. The maximum absolute atomic E-state index is 11.6. The molecule has 1 unspecified atom stereocenters. The molecule has 0 aliphatic carbocycles. The summed E-state index contributed by atoms with van der Waals surface area (Å²) in [7, 11) is 0. The Morgan fingerprint density at radius 3 is 3.00 bits per heavy atom. The highest BCUT2D eigenvalue weighted by molar-refractivity contribution is 5.93. The summed E-state index contributed by atoms with van der Waals surface area (Å²) >= 11 is 0. The fourth-order valence-electron chi connectivity index (χ4n) is 2.36. The van der Waals surface area contributed by atoms with Crippen LogP contribution in [0.15, 0.2) is 12.2 Å². The van der Waals surface area contributed by atoms with Crippen LogP contribution in [0.5, 0.6) is 0 Å². The second-order valence-corrected chi connectivity index (χ2v) is 4.30. The summed E-state index contributed by atoms with van der Waals surface area (Å²) in [5.41, 5.74) is -0.103. The molecule has 2 aliphatic rings. The van der Waals surface area contributed by atoms with E-state index in [0.29, 0.717) is 6.61 Å². The van der Waals surface area contributed by atoms with E-state index in [0.717, 1.165) is 32.4 Å². The van der Waals surface area contributed by atoms with Crippen LogP contribution in [0.2, 0.25) is 0 Å². The van der Waals surface area contributed by atoms with E-state index in [1.165, 1.54) is 0 Å². The summed E-state index contributed by atoms with van der Waals surface area (Å²) in [6.45, 7) is 3.95. The van der Waals surface area contributed by atoms with Gasteiger partial charge in [-0.05, 0) is 32.1 Å². The molecule has 1 amide bonds. The first kappa shape index (κ1) is 11.2. The van der Waals surface area contributed by atoms with Crippen LogP contribution in [0.3, 0.4) is 0 Å². The Hall–Kier alpha value is -1.27. The number of hydrogen-bond acceptors (Lipinski definition) is 2. The molecule has 0 N–H and O–H groups in total. The van der Waals surface area contributed by atoms with Gasteiger partial charge in [0.2, 0.25) is 0 Å². The lowest BCUT2D eigenvalue weighted by Gasteiger charge is -2.25. The maximum atomic E-state index is 11.6. The molecule has 1 atom stereocenters. The number of rotatable bonds is 0. The van der Waals surface area contributed by atoms with E-state index in [1.54, 1.807) is 6.92 Å². The van der Waals surface area contributed by atoms with Gasteiger partial charge in [0.25, 0.3) is 5.91 Å². The van der Waals surface area contributed by atoms with Gasteiger partial charge >= 0.3 is 0 Å². The first-order valence-corrected chi connectivity index (χ1v) is 5.79. The fourth-order valence-corrected chi connectivity index (χ4v) is 2.36. The highest BCUT2D eigenvalue weighted by Crippen LogP contribution is 2.31. The zero-order chi connectivity index (χ0) is 11.4. The van der Waals surface area contributed by atoms with E-state index >= 15 is 0 Å². The predicted molar refractivity (Wildman–Crippen MR) is 61.7 cm³/mol. The lowest BCUT2D eigenvalue weighted by molar-refractivity contribution is -0.125. The van der Waals surface area contributed by atoms with Crippen LogP contribution in [-0.2, 0) is 9.53 Å². The van der Waals surface area contributed by atoms with Crippen molar-refractivity contribution >= 4 is 5.91 Å². The predicted octanol–water partition coefficient (Wildman–Crippen LogP) is 1.35. The number of ether oxygens (including phenoxy) is 1. The number of likely N-dealkylation sites (tertiary alicyclic amines) is 1. The molecule has 0 aromatic rings. The van der Waals surface area contributed by atoms with E-state index in [9.17, 15) is 4.79 Å². The van der Waals surface area contributed by atoms with Gasteiger partial charge in [0.05, 0.1) is 12.2 Å². The zero-order valence-electron chi connectivity index (χ0n) is 9.66. The fraction of sp³-hybridized carbons (Fsp3) is 0.615. The molecule has 2 aliphatic heterocycles. The quantitative estimate of drug-likeness (QED) is 0.454. The third kappa shape index (κ3) is 2.28. The number of nitrogens with zero attached hydrogens (tertiary/aromatic N) is 1. The second kappa shape index (κ2) is 4.71.